The van der Waals surface area contributed by atoms with E-state index in [0.717, 1.165) is 17.2 Å². The summed E-state index contributed by atoms with van der Waals surface area (Å²) in [5, 5.41) is 1.26. The number of H-pyrrole nitrogens is 1. The zero-order chi connectivity index (χ0) is 9.54. The lowest BCUT2D eigenvalue weighted by molar-refractivity contribution is 0.419. The van der Waals surface area contributed by atoms with Gasteiger partial charge in [-0.05, 0) is 30.9 Å². The van der Waals surface area contributed by atoms with E-state index in [-0.39, 0.29) is 0 Å². The summed E-state index contributed by atoms with van der Waals surface area (Å²) in [6, 6.07) is 8.40. The van der Waals surface area contributed by atoms with E-state index < -0.39 is 0 Å². The molecule has 14 heavy (non-hydrogen) atoms. The third-order valence-corrected chi connectivity index (χ3v) is 2.88. The molecule has 1 fully saturated rings. The number of methoxy groups -OCH3 is 1. The summed E-state index contributed by atoms with van der Waals surface area (Å²) >= 11 is 0. The highest BCUT2D eigenvalue weighted by molar-refractivity contribution is 5.86. The Kier molecular flexibility index (Phi) is 1.57. The number of aromatic amines is 1. The highest BCUT2D eigenvalue weighted by atomic mass is 16.5. The van der Waals surface area contributed by atoms with Crippen molar-refractivity contribution >= 4 is 10.9 Å². The maximum absolute atomic E-state index is 5.31. The molecular formula is C12H13NO. The fourth-order valence-electron chi connectivity index (χ4n) is 1.93. The highest BCUT2D eigenvalue weighted by Gasteiger charge is 2.25. The zero-order valence-electron chi connectivity index (χ0n) is 8.21. The van der Waals surface area contributed by atoms with Gasteiger partial charge in [0.05, 0.1) is 12.6 Å². The van der Waals surface area contributed by atoms with Crippen LogP contribution in [0.15, 0.2) is 24.3 Å². The second-order valence-electron chi connectivity index (χ2n) is 3.92. The molecule has 1 aliphatic carbocycles. The van der Waals surface area contributed by atoms with Gasteiger partial charge in [0.2, 0.25) is 0 Å². The number of benzene rings is 1. The standard InChI is InChI=1S/C12H13NO/c1-14-11-4-2-3-9-7-10(8-5-6-8)13-12(9)11/h2-4,7-8,13H,5-6H2,1H3. The van der Waals surface area contributed by atoms with Crippen LogP contribution in [0.2, 0.25) is 0 Å². The van der Waals surface area contributed by atoms with Gasteiger partial charge in [-0.2, -0.15) is 0 Å². The van der Waals surface area contributed by atoms with Crippen LogP contribution in [0.4, 0.5) is 0 Å². The summed E-state index contributed by atoms with van der Waals surface area (Å²) in [5.41, 5.74) is 2.50. The summed E-state index contributed by atoms with van der Waals surface area (Å²) in [5.74, 6) is 1.71. The largest absolute Gasteiger partial charge is 0.495 e. The average molecular weight is 187 g/mol. The van der Waals surface area contributed by atoms with Gasteiger partial charge in [-0.3, -0.25) is 0 Å². The number of fused-ring (bicyclic) bond motifs is 1. The molecule has 1 N–H and O–H groups in total. The third-order valence-electron chi connectivity index (χ3n) is 2.88. The van der Waals surface area contributed by atoms with Crippen molar-refractivity contribution in [2.45, 2.75) is 18.8 Å². The van der Waals surface area contributed by atoms with Gasteiger partial charge in [0.15, 0.2) is 0 Å². The Balaban J connectivity index is 2.20. The smallest absolute Gasteiger partial charge is 0.142 e. The SMILES string of the molecule is COc1cccc2cc(C3CC3)[nH]c12. The molecule has 1 aromatic heterocycles. The Bertz CT molecular complexity index is 468. The molecule has 0 unspecified atom stereocenters. The number of hydrogen-bond donors (Lipinski definition) is 1. The van der Waals surface area contributed by atoms with Crippen molar-refractivity contribution in [1.29, 1.82) is 0 Å². The molecule has 2 nitrogen and oxygen atoms in total. The van der Waals surface area contributed by atoms with Gasteiger partial charge in [0, 0.05) is 11.1 Å². The Morgan fingerprint density at radius 2 is 2.21 bits per heavy atom. The van der Waals surface area contributed by atoms with E-state index in [4.69, 9.17) is 4.74 Å². The summed E-state index contributed by atoms with van der Waals surface area (Å²) < 4.78 is 5.31. The van der Waals surface area contributed by atoms with Gasteiger partial charge >= 0.3 is 0 Å². The second-order valence-corrected chi connectivity index (χ2v) is 3.92. The molecule has 1 heterocycles. The molecule has 0 spiro atoms. The van der Waals surface area contributed by atoms with Gasteiger partial charge in [-0.1, -0.05) is 12.1 Å². The number of para-hydroxylation sites is 1. The van der Waals surface area contributed by atoms with E-state index in [1.165, 1.54) is 23.9 Å². The molecule has 2 heteroatoms. The highest BCUT2D eigenvalue weighted by Crippen LogP contribution is 2.41. The molecule has 0 radical (unpaired) electrons. The van der Waals surface area contributed by atoms with Crippen molar-refractivity contribution in [3.8, 4) is 5.75 Å². The van der Waals surface area contributed by atoms with E-state index in [1.54, 1.807) is 7.11 Å². The molecule has 0 saturated heterocycles. The average Bonchev–Trinajstić information content (AvgIpc) is 2.97. The summed E-state index contributed by atoms with van der Waals surface area (Å²) in [6.45, 7) is 0. The summed E-state index contributed by atoms with van der Waals surface area (Å²) in [4.78, 5) is 3.45. The van der Waals surface area contributed by atoms with Crippen LogP contribution in [-0.2, 0) is 0 Å². The van der Waals surface area contributed by atoms with Gasteiger partial charge in [0.25, 0.3) is 0 Å². The van der Waals surface area contributed by atoms with Crippen LogP contribution >= 0.6 is 0 Å². The molecule has 1 aliphatic rings. The van der Waals surface area contributed by atoms with Gasteiger partial charge < -0.3 is 9.72 Å². The lowest BCUT2D eigenvalue weighted by Crippen LogP contribution is -1.83. The minimum absolute atomic E-state index is 0.770. The first kappa shape index (κ1) is 7.92. The van der Waals surface area contributed by atoms with Crippen molar-refractivity contribution in [1.82, 2.24) is 4.98 Å². The third kappa shape index (κ3) is 1.10. The molecule has 0 atom stereocenters. The van der Waals surface area contributed by atoms with Crippen LogP contribution in [0, 0.1) is 0 Å². The zero-order valence-corrected chi connectivity index (χ0v) is 8.21. The lowest BCUT2D eigenvalue weighted by Gasteiger charge is -1.99. The monoisotopic (exact) mass is 187 g/mol. The van der Waals surface area contributed by atoms with E-state index in [9.17, 15) is 0 Å². The van der Waals surface area contributed by atoms with Crippen molar-refractivity contribution in [3.05, 3.63) is 30.0 Å². The molecule has 1 saturated carbocycles. The minimum Gasteiger partial charge on any atom is -0.495 e. The van der Waals surface area contributed by atoms with Crippen molar-refractivity contribution in [2.75, 3.05) is 7.11 Å². The predicted molar refractivity (Wildman–Crippen MR) is 56.8 cm³/mol. The number of nitrogens with one attached hydrogen (secondary N) is 1. The van der Waals surface area contributed by atoms with Crippen molar-refractivity contribution in [2.24, 2.45) is 0 Å². The van der Waals surface area contributed by atoms with Crippen LogP contribution in [0.1, 0.15) is 24.5 Å². The maximum Gasteiger partial charge on any atom is 0.142 e. The molecule has 0 aliphatic heterocycles. The maximum atomic E-state index is 5.31. The van der Waals surface area contributed by atoms with Crippen LogP contribution < -0.4 is 4.74 Å². The van der Waals surface area contributed by atoms with Crippen molar-refractivity contribution < 1.29 is 4.74 Å². The fourth-order valence-corrected chi connectivity index (χ4v) is 1.93. The first-order valence-electron chi connectivity index (χ1n) is 5.04. The Labute approximate surface area is 82.9 Å². The lowest BCUT2D eigenvalue weighted by atomic mass is 10.2. The van der Waals surface area contributed by atoms with E-state index in [0.29, 0.717) is 0 Å². The molecule has 3 rings (SSSR count). The number of hydrogen-bond acceptors (Lipinski definition) is 1. The topological polar surface area (TPSA) is 25.0 Å². The van der Waals surface area contributed by atoms with Crippen LogP contribution in [0.25, 0.3) is 10.9 Å². The van der Waals surface area contributed by atoms with E-state index >= 15 is 0 Å². The van der Waals surface area contributed by atoms with Gasteiger partial charge in [-0.15, -0.1) is 0 Å². The van der Waals surface area contributed by atoms with Crippen LogP contribution in [0.5, 0.6) is 5.75 Å². The van der Waals surface area contributed by atoms with E-state index in [2.05, 4.69) is 17.1 Å². The van der Waals surface area contributed by atoms with Crippen LogP contribution in [-0.4, -0.2) is 12.1 Å². The molecule has 0 amide bonds. The number of rotatable bonds is 2. The van der Waals surface area contributed by atoms with Gasteiger partial charge in [0.1, 0.15) is 5.75 Å². The molecular weight excluding hydrogens is 174 g/mol. The van der Waals surface area contributed by atoms with Crippen LogP contribution in [0.3, 0.4) is 0 Å². The van der Waals surface area contributed by atoms with Gasteiger partial charge in [-0.25, -0.2) is 0 Å². The minimum atomic E-state index is 0.770. The first-order valence-corrected chi connectivity index (χ1v) is 5.04. The molecule has 2 aromatic rings. The molecule has 1 aromatic carbocycles. The normalized spacial score (nSPS) is 16.1. The first-order chi connectivity index (χ1) is 6.88. The van der Waals surface area contributed by atoms with E-state index in [1.807, 2.05) is 12.1 Å². The quantitative estimate of drug-likeness (QED) is 0.768. The molecule has 72 valence electrons. The number of ether oxygens (including phenoxy) is 1. The fraction of sp³-hybridized carbons (Fsp3) is 0.333. The molecule has 0 bridgehead atoms. The Morgan fingerprint density at radius 1 is 1.36 bits per heavy atom. The summed E-state index contributed by atoms with van der Waals surface area (Å²) in [7, 11) is 1.71. The number of aromatic nitrogens is 1. The second kappa shape index (κ2) is 2.77. The summed E-state index contributed by atoms with van der Waals surface area (Å²) in [6.07, 6.45) is 2.66. The Morgan fingerprint density at radius 3 is 2.93 bits per heavy atom. The van der Waals surface area contributed by atoms with Crippen molar-refractivity contribution in [3.63, 3.8) is 0 Å². The predicted octanol–water partition coefficient (Wildman–Crippen LogP) is 3.05. The Hall–Kier alpha value is -1.44.